The predicted molar refractivity (Wildman–Crippen MR) is 73.6 cm³/mol. The number of hydrogen-bond donors (Lipinski definition) is 2. The summed E-state index contributed by atoms with van der Waals surface area (Å²) in [5.74, 6) is -0.646. The fourth-order valence-electron chi connectivity index (χ4n) is 1.50. The number of carbonyl (C=O) groups is 1. The van der Waals surface area contributed by atoms with Crippen LogP contribution in [0.2, 0.25) is 0 Å². The van der Waals surface area contributed by atoms with Gasteiger partial charge in [-0.25, -0.2) is 17.9 Å². The highest BCUT2D eigenvalue weighted by atomic mass is 32.2. The number of nitrogens with one attached hydrogen (secondary N) is 1. The molecule has 0 aliphatic heterocycles. The summed E-state index contributed by atoms with van der Waals surface area (Å²) in [5.41, 5.74) is 0.373. The van der Waals surface area contributed by atoms with Gasteiger partial charge in [0.1, 0.15) is 10.7 Å². The van der Waals surface area contributed by atoms with Crippen molar-refractivity contribution in [3.8, 4) is 0 Å². The Kier molecular flexibility index (Phi) is 4.51. The number of hydrogen-bond acceptors (Lipinski definition) is 5. The quantitative estimate of drug-likeness (QED) is 0.777. The Morgan fingerprint density at radius 1 is 1.43 bits per heavy atom. The van der Waals surface area contributed by atoms with Gasteiger partial charge in [-0.2, -0.15) is 0 Å². The summed E-state index contributed by atoms with van der Waals surface area (Å²) in [6.07, 6.45) is 6.17. The van der Waals surface area contributed by atoms with Crippen LogP contribution in [-0.4, -0.2) is 24.5 Å². The van der Waals surface area contributed by atoms with Crippen LogP contribution in [0.15, 0.2) is 52.2 Å². The van der Waals surface area contributed by atoms with E-state index in [0.29, 0.717) is 11.3 Å². The Hall–Kier alpha value is -2.45. The zero-order valence-electron chi connectivity index (χ0n) is 10.8. The minimum absolute atomic E-state index is 0.0184. The van der Waals surface area contributed by atoms with Crippen LogP contribution in [0.25, 0.3) is 6.08 Å². The number of rotatable bonds is 6. The van der Waals surface area contributed by atoms with Crippen LogP contribution >= 0.6 is 0 Å². The van der Waals surface area contributed by atoms with Crippen molar-refractivity contribution in [2.24, 2.45) is 0 Å². The Labute approximate surface area is 121 Å². The van der Waals surface area contributed by atoms with Crippen molar-refractivity contribution in [3.05, 3.63) is 54.3 Å². The third kappa shape index (κ3) is 4.26. The zero-order chi connectivity index (χ0) is 15.3. The lowest BCUT2D eigenvalue weighted by Crippen LogP contribution is -2.23. The monoisotopic (exact) mass is 308 g/mol. The molecule has 0 unspecified atom stereocenters. The molecule has 2 aromatic heterocycles. The van der Waals surface area contributed by atoms with E-state index in [0.717, 1.165) is 6.08 Å². The lowest BCUT2D eigenvalue weighted by Gasteiger charge is -2.05. The largest absolute Gasteiger partial charge is 0.478 e. The van der Waals surface area contributed by atoms with E-state index in [-0.39, 0.29) is 11.4 Å². The number of aliphatic carboxylic acids is 1. The molecule has 0 aromatic carbocycles. The zero-order valence-corrected chi connectivity index (χ0v) is 11.6. The molecule has 0 fully saturated rings. The minimum atomic E-state index is -3.75. The van der Waals surface area contributed by atoms with Gasteiger partial charge in [-0.05, 0) is 29.8 Å². The molecule has 8 heteroatoms. The summed E-state index contributed by atoms with van der Waals surface area (Å²) >= 11 is 0. The van der Waals surface area contributed by atoms with Crippen LogP contribution in [-0.2, 0) is 21.4 Å². The van der Waals surface area contributed by atoms with Crippen LogP contribution in [0.4, 0.5) is 0 Å². The van der Waals surface area contributed by atoms with E-state index < -0.39 is 16.0 Å². The molecular weight excluding hydrogens is 296 g/mol. The highest BCUT2D eigenvalue weighted by molar-refractivity contribution is 7.89. The second kappa shape index (κ2) is 6.33. The summed E-state index contributed by atoms with van der Waals surface area (Å²) < 4.78 is 31.6. The predicted octanol–water partition coefficient (Wildman–Crippen LogP) is 1.25. The summed E-state index contributed by atoms with van der Waals surface area (Å²) in [4.78, 5) is 14.2. The van der Waals surface area contributed by atoms with E-state index in [1.807, 2.05) is 0 Å². The number of carboxylic acid groups (broad SMARTS) is 1. The van der Waals surface area contributed by atoms with Crippen molar-refractivity contribution in [1.29, 1.82) is 0 Å². The average Bonchev–Trinajstić information content (AvgIpc) is 2.97. The number of aromatic nitrogens is 1. The van der Waals surface area contributed by atoms with Crippen molar-refractivity contribution in [2.45, 2.75) is 11.4 Å². The van der Waals surface area contributed by atoms with E-state index in [1.165, 1.54) is 30.8 Å². The molecule has 21 heavy (non-hydrogen) atoms. The highest BCUT2D eigenvalue weighted by Crippen LogP contribution is 2.12. The first-order valence-electron chi connectivity index (χ1n) is 5.85. The Morgan fingerprint density at radius 3 is 2.90 bits per heavy atom. The van der Waals surface area contributed by atoms with Crippen LogP contribution in [0.3, 0.4) is 0 Å². The average molecular weight is 308 g/mol. The second-order valence-electron chi connectivity index (χ2n) is 4.03. The minimum Gasteiger partial charge on any atom is -0.478 e. The number of carboxylic acids is 1. The highest BCUT2D eigenvalue weighted by Gasteiger charge is 2.15. The van der Waals surface area contributed by atoms with Gasteiger partial charge in [0.25, 0.3) is 0 Å². The SMILES string of the molecule is O=C(O)C=Cc1cncc(S(=O)(=O)NCc2ccco2)c1. The van der Waals surface area contributed by atoms with E-state index in [9.17, 15) is 13.2 Å². The summed E-state index contributed by atoms with van der Waals surface area (Å²) in [7, 11) is -3.75. The number of pyridine rings is 1. The lowest BCUT2D eigenvalue weighted by atomic mass is 10.2. The van der Waals surface area contributed by atoms with Gasteiger partial charge in [-0.3, -0.25) is 4.98 Å². The van der Waals surface area contributed by atoms with Crippen molar-refractivity contribution in [2.75, 3.05) is 0 Å². The molecule has 0 saturated heterocycles. The second-order valence-corrected chi connectivity index (χ2v) is 5.80. The lowest BCUT2D eigenvalue weighted by molar-refractivity contribution is -0.131. The maximum Gasteiger partial charge on any atom is 0.328 e. The van der Waals surface area contributed by atoms with Crippen molar-refractivity contribution < 1.29 is 22.7 Å². The molecule has 2 rings (SSSR count). The molecule has 0 radical (unpaired) electrons. The van der Waals surface area contributed by atoms with Crippen LogP contribution in [0.5, 0.6) is 0 Å². The first-order chi connectivity index (χ1) is 9.97. The normalized spacial score (nSPS) is 11.8. The smallest absolute Gasteiger partial charge is 0.328 e. The maximum absolute atomic E-state index is 12.1. The molecular formula is C13H12N2O5S. The Balaban J connectivity index is 2.16. The molecule has 2 aromatic rings. The van der Waals surface area contributed by atoms with E-state index in [1.54, 1.807) is 12.1 Å². The molecule has 110 valence electrons. The van der Waals surface area contributed by atoms with E-state index >= 15 is 0 Å². The number of sulfonamides is 1. The van der Waals surface area contributed by atoms with Gasteiger partial charge < -0.3 is 9.52 Å². The van der Waals surface area contributed by atoms with Crippen molar-refractivity contribution >= 4 is 22.1 Å². The molecule has 7 nitrogen and oxygen atoms in total. The molecule has 0 atom stereocenters. The molecule has 0 bridgehead atoms. The number of nitrogens with zero attached hydrogens (tertiary/aromatic N) is 1. The first kappa shape index (κ1) is 14.9. The molecule has 2 heterocycles. The Morgan fingerprint density at radius 2 is 2.24 bits per heavy atom. The fourth-order valence-corrected chi connectivity index (χ4v) is 2.49. The van der Waals surface area contributed by atoms with Crippen molar-refractivity contribution in [3.63, 3.8) is 0 Å². The van der Waals surface area contributed by atoms with E-state index in [2.05, 4.69) is 9.71 Å². The molecule has 0 aliphatic rings. The van der Waals surface area contributed by atoms with E-state index in [4.69, 9.17) is 9.52 Å². The maximum atomic E-state index is 12.1. The third-order valence-electron chi connectivity index (χ3n) is 2.48. The van der Waals surface area contributed by atoms with Gasteiger partial charge in [0.15, 0.2) is 0 Å². The van der Waals surface area contributed by atoms with Crippen LogP contribution in [0.1, 0.15) is 11.3 Å². The van der Waals surface area contributed by atoms with Crippen LogP contribution in [0, 0.1) is 0 Å². The molecule has 2 N–H and O–H groups in total. The summed E-state index contributed by atoms with van der Waals surface area (Å²) in [5, 5.41) is 8.55. The van der Waals surface area contributed by atoms with Gasteiger partial charge in [0.2, 0.25) is 10.0 Å². The number of furan rings is 1. The molecule has 0 spiro atoms. The molecule has 0 saturated carbocycles. The fraction of sp³-hybridized carbons (Fsp3) is 0.0769. The summed E-state index contributed by atoms with van der Waals surface area (Å²) in [6.45, 7) is 0.0184. The van der Waals surface area contributed by atoms with Gasteiger partial charge in [0, 0.05) is 18.5 Å². The third-order valence-corrected chi connectivity index (χ3v) is 3.85. The first-order valence-corrected chi connectivity index (χ1v) is 7.34. The Bertz CT molecular complexity index is 751. The van der Waals surface area contributed by atoms with Gasteiger partial charge in [0.05, 0.1) is 12.8 Å². The molecule has 0 amide bonds. The van der Waals surface area contributed by atoms with Crippen molar-refractivity contribution in [1.82, 2.24) is 9.71 Å². The standard InChI is InChI=1S/C13H12N2O5S/c16-13(17)4-3-10-6-12(9-14-7-10)21(18,19)15-8-11-2-1-5-20-11/h1-7,9,15H,8H2,(H,16,17). The molecule has 0 aliphatic carbocycles. The van der Waals surface area contributed by atoms with Gasteiger partial charge >= 0.3 is 5.97 Å². The topological polar surface area (TPSA) is 109 Å². The van der Waals surface area contributed by atoms with Crippen LogP contribution < -0.4 is 4.72 Å². The van der Waals surface area contributed by atoms with Gasteiger partial charge in [-0.15, -0.1) is 0 Å². The summed E-state index contributed by atoms with van der Waals surface area (Å²) in [6, 6.07) is 4.63. The van der Waals surface area contributed by atoms with Gasteiger partial charge in [-0.1, -0.05) is 0 Å².